The molecule has 0 saturated carbocycles. The molecule has 0 aromatic rings. The first-order chi connectivity index (χ1) is 5.77. The average Bonchev–Trinajstić information content (AvgIpc) is 2.51. The van der Waals surface area contributed by atoms with Crippen LogP contribution >= 0.6 is 0 Å². The van der Waals surface area contributed by atoms with Gasteiger partial charge in [0.2, 0.25) is 0 Å². The Morgan fingerprint density at radius 1 is 1.67 bits per heavy atom. The van der Waals surface area contributed by atoms with Gasteiger partial charge < -0.3 is 5.11 Å². The summed E-state index contributed by atoms with van der Waals surface area (Å²) in [5.41, 5.74) is 1.27. The van der Waals surface area contributed by atoms with Gasteiger partial charge in [0.25, 0.3) is 0 Å². The Bertz CT molecular complexity index is 156. The van der Waals surface area contributed by atoms with Crippen molar-refractivity contribution >= 4 is 0 Å². The molecule has 70 valence electrons. The largest absolute Gasteiger partial charge is 0.395 e. The van der Waals surface area contributed by atoms with E-state index in [9.17, 15) is 0 Å². The van der Waals surface area contributed by atoms with Crippen LogP contribution in [0.3, 0.4) is 0 Å². The zero-order valence-electron chi connectivity index (χ0n) is 7.92. The molecule has 0 radical (unpaired) electrons. The van der Waals surface area contributed by atoms with Crippen LogP contribution in [0.5, 0.6) is 0 Å². The van der Waals surface area contributed by atoms with Crippen LogP contribution in [0, 0.1) is 0 Å². The molecule has 0 amide bonds. The van der Waals surface area contributed by atoms with Gasteiger partial charge in [-0.1, -0.05) is 19.1 Å². The van der Waals surface area contributed by atoms with Crippen LogP contribution in [0.25, 0.3) is 0 Å². The van der Waals surface area contributed by atoms with E-state index in [2.05, 4.69) is 18.4 Å². The van der Waals surface area contributed by atoms with Gasteiger partial charge in [-0.25, -0.2) is 0 Å². The van der Waals surface area contributed by atoms with Gasteiger partial charge in [0, 0.05) is 12.6 Å². The van der Waals surface area contributed by atoms with E-state index in [1.54, 1.807) is 0 Å². The summed E-state index contributed by atoms with van der Waals surface area (Å²) in [5.74, 6) is 0. The first kappa shape index (κ1) is 9.75. The molecule has 12 heavy (non-hydrogen) atoms. The number of hydrogen-bond donors (Lipinski definition) is 1. The van der Waals surface area contributed by atoms with Crippen LogP contribution in [0.2, 0.25) is 0 Å². The van der Waals surface area contributed by atoms with Crippen molar-refractivity contribution in [3.63, 3.8) is 0 Å². The Hall–Kier alpha value is -0.340. The second kappa shape index (κ2) is 4.63. The molecule has 2 nitrogen and oxygen atoms in total. The molecule has 1 saturated heterocycles. The summed E-state index contributed by atoms with van der Waals surface area (Å²) in [7, 11) is 0. The lowest BCUT2D eigenvalue weighted by molar-refractivity contribution is 0.167. The Labute approximate surface area is 74.9 Å². The molecule has 0 bridgehead atoms. The Morgan fingerprint density at radius 2 is 2.42 bits per heavy atom. The third-order valence-corrected chi connectivity index (χ3v) is 2.64. The Balaban J connectivity index is 2.35. The summed E-state index contributed by atoms with van der Waals surface area (Å²) in [6.07, 6.45) is 3.42. The highest BCUT2D eigenvalue weighted by Gasteiger charge is 2.23. The van der Waals surface area contributed by atoms with Crippen molar-refractivity contribution in [3.8, 4) is 0 Å². The SMILES string of the molecule is C=C(CC)CN1CCC[C@H]1CO. The Kier molecular flexibility index (Phi) is 3.76. The van der Waals surface area contributed by atoms with Crippen molar-refractivity contribution in [1.29, 1.82) is 0 Å². The molecular formula is C10H19NO. The lowest BCUT2D eigenvalue weighted by Gasteiger charge is -2.23. The molecular weight excluding hydrogens is 150 g/mol. The van der Waals surface area contributed by atoms with E-state index in [-0.39, 0.29) is 0 Å². The summed E-state index contributed by atoms with van der Waals surface area (Å²) in [4.78, 5) is 2.34. The van der Waals surface area contributed by atoms with Crippen molar-refractivity contribution < 1.29 is 5.11 Å². The minimum Gasteiger partial charge on any atom is -0.395 e. The van der Waals surface area contributed by atoms with Gasteiger partial charge in [-0.2, -0.15) is 0 Å². The second-order valence-corrected chi connectivity index (χ2v) is 3.55. The van der Waals surface area contributed by atoms with Gasteiger partial charge in [-0.3, -0.25) is 4.90 Å². The molecule has 1 rings (SSSR count). The fourth-order valence-corrected chi connectivity index (χ4v) is 1.71. The van der Waals surface area contributed by atoms with E-state index in [1.807, 2.05) is 0 Å². The maximum absolute atomic E-state index is 9.05. The van der Waals surface area contributed by atoms with Crippen LogP contribution in [0.4, 0.5) is 0 Å². The van der Waals surface area contributed by atoms with Crippen molar-refractivity contribution in [2.24, 2.45) is 0 Å². The fourth-order valence-electron chi connectivity index (χ4n) is 1.71. The first-order valence-electron chi connectivity index (χ1n) is 4.79. The number of rotatable bonds is 4. The van der Waals surface area contributed by atoms with Crippen LogP contribution < -0.4 is 0 Å². The standard InChI is InChI=1S/C10H19NO/c1-3-9(2)7-11-6-4-5-10(11)8-12/h10,12H,2-8H2,1H3/t10-/m0/s1. The Morgan fingerprint density at radius 3 is 3.00 bits per heavy atom. The van der Waals surface area contributed by atoms with E-state index in [4.69, 9.17) is 5.11 Å². The molecule has 1 heterocycles. The summed E-state index contributed by atoms with van der Waals surface area (Å²) in [6.45, 7) is 8.52. The highest BCUT2D eigenvalue weighted by atomic mass is 16.3. The minimum absolute atomic E-state index is 0.303. The molecule has 1 aliphatic rings. The molecule has 0 unspecified atom stereocenters. The van der Waals surface area contributed by atoms with Crippen molar-refractivity contribution in [2.75, 3.05) is 19.7 Å². The molecule has 0 aromatic carbocycles. The number of likely N-dealkylation sites (tertiary alicyclic amines) is 1. The molecule has 1 fully saturated rings. The molecule has 1 aliphatic heterocycles. The molecule has 2 heteroatoms. The van der Waals surface area contributed by atoms with Gasteiger partial charge in [0.1, 0.15) is 0 Å². The highest BCUT2D eigenvalue weighted by Crippen LogP contribution is 2.18. The van der Waals surface area contributed by atoms with E-state index in [0.29, 0.717) is 12.6 Å². The van der Waals surface area contributed by atoms with Gasteiger partial charge in [-0.15, -0.1) is 0 Å². The third kappa shape index (κ3) is 2.32. The molecule has 0 spiro atoms. The summed E-state index contributed by atoms with van der Waals surface area (Å²) in [6, 6.07) is 0.397. The topological polar surface area (TPSA) is 23.5 Å². The van der Waals surface area contributed by atoms with E-state index in [1.165, 1.54) is 12.0 Å². The predicted molar refractivity (Wildman–Crippen MR) is 51.1 cm³/mol. The van der Waals surface area contributed by atoms with E-state index >= 15 is 0 Å². The van der Waals surface area contributed by atoms with E-state index in [0.717, 1.165) is 25.9 Å². The number of aliphatic hydroxyl groups is 1. The average molecular weight is 169 g/mol. The van der Waals surface area contributed by atoms with Gasteiger partial charge in [0.15, 0.2) is 0 Å². The number of aliphatic hydroxyl groups excluding tert-OH is 1. The quantitative estimate of drug-likeness (QED) is 0.643. The smallest absolute Gasteiger partial charge is 0.0587 e. The van der Waals surface area contributed by atoms with Crippen molar-refractivity contribution in [3.05, 3.63) is 12.2 Å². The van der Waals surface area contributed by atoms with Crippen molar-refractivity contribution in [2.45, 2.75) is 32.2 Å². The maximum atomic E-state index is 9.05. The zero-order chi connectivity index (χ0) is 8.97. The molecule has 0 aromatic heterocycles. The monoisotopic (exact) mass is 169 g/mol. The zero-order valence-corrected chi connectivity index (χ0v) is 7.92. The first-order valence-corrected chi connectivity index (χ1v) is 4.79. The van der Waals surface area contributed by atoms with Gasteiger partial charge >= 0.3 is 0 Å². The van der Waals surface area contributed by atoms with Crippen LogP contribution in [-0.2, 0) is 0 Å². The second-order valence-electron chi connectivity index (χ2n) is 3.55. The fraction of sp³-hybridized carbons (Fsp3) is 0.800. The van der Waals surface area contributed by atoms with Crippen LogP contribution in [0.1, 0.15) is 26.2 Å². The van der Waals surface area contributed by atoms with Crippen LogP contribution in [0.15, 0.2) is 12.2 Å². The number of hydrogen-bond acceptors (Lipinski definition) is 2. The summed E-state index contributed by atoms with van der Waals surface area (Å²) >= 11 is 0. The molecule has 1 N–H and O–H groups in total. The molecule has 1 atom stereocenters. The van der Waals surface area contributed by atoms with Gasteiger partial charge in [0.05, 0.1) is 6.61 Å². The lowest BCUT2D eigenvalue weighted by atomic mass is 10.2. The summed E-state index contributed by atoms with van der Waals surface area (Å²) in [5, 5.41) is 9.05. The van der Waals surface area contributed by atoms with E-state index < -0.39 is 0 Å². The summed E-state index contributed by atoms with van der Waals surface area (Å²) < 4.78 is 0. The maximum Gasteiger partial charge on any atom is 0.0587 e. The third-order valence-electron chi connectivity index (χ3n) is 2.64. The number of nitrogens with zero attached hydrogens (tertiary/aromatic N) is 1. The highest BCUT2D eigenvalue weighted by molar-refractivity contribution is 4.98. The molecule has 0 aliphatic carbocycles. The van der Waals surface area contributed by atoms with Crippen molar-refractivity contribution in [1.82, 2.24) is 4.90 Å². The normalized spacial score (nSPS) is 24.7. The predicted octanol–water partition coefficient (Wildman–Crippen LogP) is 1.41. The lowest BCUT2D eigenvalue weighted by Crippen LogP contribution is -2.33. The van der Waals surface area contributed by atoms with Crippen LogP contribution in [-0.4, -0.2) is 35.7 Å². The minimum atomic E-state index is 0.303. The van der Waals surface area contributed by atoms with Gasteiger partial charge in [-0.05, 0) is 25.8 Å².